The Kier molecular flexibility index (Phi) is 7.55. The second-order valence-corrected chi connectivity index (χ2v) is 6.79. The second-order valence-electron chi connectivity index (χ2n) is 5.51. The zero-order valence-corrected chi connectivity index (χ0v) is 14.8. The van der Waals surface area contributed by atoms with Gasteiger partial charge < -0.3 is 20.1 Å². The van der Waals surface area contributed by atoms with Gasteiger partial charge in [-0.15, -0.1) is 0 Å². The molecule has 0 bridgehead atoms. The van der Waals surface area contributed by atoms with Gasteiger partial charge in [0, 0.05) is 31.6 Å². The Hall–Kier alpha value is -1.40. The molecule has 1 fully saturated rings. The Balaban J connectivity index is 1.68. The Bertz CT molecular complexity index is 476. The Morgan fingerprint density at radius 2 is 2.00 bits per heavy atom. The fourth-order valence-corrected chi connectivity index (χ4v) is 3.31. The standard InChI is InChI=1S/C17H27N3O2S/c1-18-16(19-10-13-22-15-6-4-3-5-7-15)20-14-17(23-2)8-11-21-12-9-17/h3-7H,8-14H2,1-2H3,(H2,18,19,20). The van der Waals surface area contributed by atoms with Gasteiger partial charge in [0.05, 0.1) is 6.54 Å². The highest BCUT2D eigenvalue weighted by atomic mass is 32.2. The van der Waals surface area contributed by atoms with Gasteiger partial charge in [-0.3, -0.25) is 4.99 Å². The molecule has 1 heterocycles. The van der Waals surface area contributed by atoms with E-state index < -0.39 is 0 Å². The third-order valence-electron chi connectivity index (χ3n) is 4.05. The zero-order chi connectivity index (χ0) is 16.4. The number of nitrogens with one attached hydrogen (secondary N) is 2. The summed E-state index contributed by atoms with van der Waals surface area (Å²) in [6.07, 6.45) is 4.33. The van der Waals surface area contributed by atoms with Crippen molar-refractivity contribution < 1.29 is 9.47 Å². The van der Waals surface area contributed by atoms with E-state index in [1.807, 2.05) is 42.1 Å². The average Bonchev–Trinajstić information content (AvgIpc) is 2.63. The van der Waals surface area contributed by atoms with E-state index in [1.54, 1.807) is 7.05 Å². The lowest BCUT2D eigenvalue weighted by Crippen LogP contribution is -2.48. The smallest absolute Gasteiger partial charge is 0.191 e. The van der Waals surface area contributed by atoms with Gasteiger partial charge in [0.2, 0.25) is 0 Å². The summed E-state index contributed by atoms with van der Waals surface area (Å²) in [6, 6.07) is 9.84. The first-order valence-corrected chi connectivity index (χ1v) is 9.26. The Labute approximate surface area is 143 Å². The van der Waals surface area contributed by atoms with Crippen LogP contribution in [0.2, 0.25) is 0 Å². The second kappa shape index (κ2) is 9.67. The average molecular weight is 337 g/mol. The van der Waals surface area contributed by atoms with Crippen LogP contribution in [0.25, 0.3) is 0 Å². The van der Waals surface area contributed by atoms with Crippen LogP contribution in [-0.2, 0) is 4.74 Å². The first kappa shape index (κ1) is 17.9. The van der Waals surface area contributed by atoms with E-state index in [1.165, 1.54) is 0 Å². The van der Waals surface area contributed by atoms with Gasteiger partial charge in [-0.2, -0.15) is 11.8 Å². The topological polar surface area (TPSA) is 54.9 Å². The predicted molar refractivity (Wildman–Crippen MR) is 97.6 cm³/mol. The van der Waals surface area contributed by atoms with Crippen LogP contribution >= 0.6 is 11.8 Å². The third kappa shape index (κ3) is 5.95. The Morgan fingerprint density at radius 3 is 2.65 bits per heavy atom. The fraction of sp³-hybridized carbons (Fsp3) is 0.588. The lowest BCUT2D eigenvalue weighted by molar-refractivity contribution is 0.0783. The molecule has 128 valence electrons. The van der Waals surface area contributed by atoms with Gasteiger partial charge in [-0.05, 0) is 31.2 Å². The summed E-state index contributed by atoms with van der Waals surface area (Å²) in [7, 11) is 1.79. The maximum atomic E-state index is 5.67. The lowest BCUT2D eigenvalue weighted by atomic mass is 9.99. The molecule has 0 amide bonds. The van der Waals surface area contributed by atoms with Crippen LogP contribution in [0.3, 0.4) is 0 Å². The highest BCUT2D eigenvalue weighted by molar-refractivity contribution is 8.00. The molecule has 1 aromatic carbocycles. The number of rotatable bonds is 7. The number of guanidine groups is 1. The van der Waals surface area contributed by atoms with Crippen molar-refractivity contribution in [2.24, 2.45) is 4.99 Å². The largest absolute Gasteiger partial charge is 0.492 e. The van der Waals surface area contributed by atoms with Crippen LogP contribution in [-0.4, -0.2) is 56.9 Å². The molecule has 0 aromatic heterocycles. The van der Waals surface area contributed by atoms with Crippen molar-refractivity contribution in [2.75, 3.05) is 46.2 Å². The van der Waals surface area contributed by atoms with E-state index in [9.17, 15) is 0 Å². The fourth-order valence-electron chi connectivity index (χ4n) is 2.52. The van der Waals surface area contributed by atoms with Crippen molar-refractivity contribution in [3.63, 3.8) is 0 Å². The van der Waals surface area contributed by atoms with E-state index in [-0.39, 0.29) is 4.75 Å². The maximum absolute atomic E-state index is 5.67. The zero-order valence-electron chi connectivity index (χ0n) is 14.0. The summed E-state index contributed by atoms with van der Waals surface area (Å²) in [5, 5.41) is 6.73. The summed E-state index contributed by atoms with van der Waals surface area (Å²) < 4.78 is 11.4. The van der Waals surface area contributed by atoms with Gasteiger partial charge in [-0.1, -0.05) is 18.2 Å². The van der Waals surface area contributed by atoms with Crippen molar-refractivity contribution in [1.82, 2.24) is 10.6 Å². The number of hydrogen-bond acceptors (Lipinski definition) is 4. The normalized spacial score (nSPS) is 17.6. The van der Waals surface area contributed by atoms with Crippen molar-refractivity contribution in [1.29, 1.82) is 0 Å². The SMILES string of the molecule is CN=C(NCCOc1ccccc1)NCC1(SC)CCOCC1. The van der Waals surface area contributed by atoms with E-state index in [0.717, 1.165) is 44.3 Å². The van der Waals surface area contributed by atoms with Crippen molar-refractivity contribution in [3.05, 3.63) is 30.3 Å². The van der Waals surface area contributed by atoms with Gasteiger partial charge >= 0.3 is 0 Å². The van der Waals surface area contributed by atoms with Crippen molar-refractivity contribution >= 4 is 17.7 Å². The molecular formula is C17H27N3O2S. The van der Waals surface area contributed by atoms with Gasteiger partial charge in [-0.25, -0.2) is 0 Å². The number of nitrogens with zero attached hydrogens (tertiary/aromatic N) is 1. The molecule has 5 nitrogen and oxygen atoms in total. The highest BCUT2D eigenvalue weighted by Crippen LogP contribution is 2.32. The number of thioether (sulfide) groups is 1. The molecule has 2 rings (SSSR count). The number of ether oxygens (including phenoxy) is 2. The quantitative estimate of drug-likeness (QED) is 0.454. The predicted octanol–water partition coefficient (Wildman–Crippen LogP) is 2.14. The first-order valence-electron chi connectivity index (χ1n) is 8.03. The first-order chi connectivity index (χ1) is 11.3. The summed E-state index contributed by atoms with van der Waals surface area (Å²) in [4.78, 5) is 4.28. The third-order valence-corrected chi connectivity index (χ3v) is 5.46. The number of hydrogen-bond donors (Lipinski definition) is 2. The summed E-state index contributed by atoms with van der Waals surface area (Å²) in [5.74, 6) is 1.71. The van der Waals surface area contributed by atoms with Gasteiger partial charge in [0.1, 0.15) is 12.4 Å². The van der Waals surface area contributed by atoms with E-state index in [4.69, 9.17) is 9.47 Å². The monoisotopic (exact) mass is 337 g/mol. The molecule has 0 radical (unpaired) electrons. The molecule has 23 heavy (non-hydrogen) atoms. The highest BCUT2D eigenvalue weighted by Gasteiger charge is 2.31. The maximum Gasteiger partial charge on any atom is 0.191 e. The minimum atomic E-state index is 0.246. The number of para-hydroxylation sites is 1. The van der Waals surface area contributed by atoms with Crippen molar-refractivity contribution in [3.8, 4) is 5.75 Å². The molecule has 0 atom stereocenters. The minimum absolute atomic E-state index is 0.246. The van der Waals surface area contributed by atoms with Crippen LogP contribution in [0.1, 0.15) is 12.8 Å². The van der Waals surface area contributed by atoms with Crippen LogP contribution in [0.4, 0.5) is 0 Å². The summed E-state index contributed by atoms with van der Waals surface area (Å²) >= 11 is 1.92. The summed E-state index contributed by atoms with van der Waals surface area (Å²) in [5.41, 5.74) is 0. The van der Waals surface area contributed by atoms with E-state index in [2.05, 4.69) is 21.9 Å². The molecular weight excluding hydrogens is 310 g/mol. The van der Waals surface area contributed by atoms with Crippen LogP contribution in [0.5, 0.6) is 5.75 Å². The van der Waals surface area contributed by atoms with Crippen LogP contribution < -0.4 is 15.4 Å². The molecule has 0 saturated carbocycles. The van der Waals surface area contributed by atoms with Gasteiger partial charge in [0.25, 0.3) is 0 Å². The number of aliphatic imine (C=N–C) groups is 1. The Morgan fingerprint density at radius 1 is 1.26 bits per heavy atom. The van der Waals surface area contributed by atoms with Crippen LogP contribution in [0.15, 0.2) is 35.3 Å². The minimum Gasteiger partial charge on any atom is -0.492 e. The molecule has 1 aliphatic rings. The molecule has 2 N–H and O–H groups in total. The number of benzene rings is 1. The lowest BCUT2D eigenvalue weighted by Gasteiger charge is -2.36. The van der Waals surface area contributed by atoms with Crippen LogP contribution in [0, 0.1) is 0 Å². The van der Waals surface area contributed by atoms with Crippen molar-refractivity contribution in [2.45, 2.75) is 17.6 Å². The molecule has 0 unspecified atom stereocenters. The van der Waals surface area contributed by atoms with E-state index in [0.29, 0.717) is 13.2 Å². The molecule has 0 spiro atoms. The molecule has 1 saturated heterocycles. The molecule has 6 heteroatoms. The summed E-state index contributed by atoms with van der Waals surface area (Å²) in [6.45, 7) is 3.91. The van der Waals surface area contributed by atoms with Gasteiger partial charge in [0.15, 0.2) is 5.96 Å². The van der Waals surface area contributed by atoms with E-state index >= 15 is 0 Å². The molecule has 1 aliphatic heterocycles. The molecule has 1 aromatic rings. The molecule has 0 aliphatic carbocycles.